The zero-order valence-electron chi connectivity index (χ0n) is 25.4. The Kier molecular flexibility index (Phi) is 11.7. The van der Waals surface area contributed by atoms with Crippen LogP contribution in [0.4, 0.5) is 10.1 Å². The Balaban J connectivity index is 1.76. The first-order chi connectivity index (χ1) is 21.7. The van der Waals surface area contributed by atoms with Crippen LogP contribution < -0.4 is 14.4 Å². The van der Waals surface area contributed by atoms with E-state index >= 15 is 0 Å². The molecule has 45 heavy (non-hydrogen) atoms. The van der Waals surface area contributed by atoms with E-state index < -0.39 is 34.3 Å². The summed E-state index contributed by atoms with van der Waals surface area (Å²) in [5, 5.41) is 2.92. The van der Waals surface area contributed by atoms with Gasteiger partial charge >= 0.3 is 0 Å². The minimum absolute atomic E-state index is 0.0665. The van der Waals surface area contributed by atoms with Crippen molar-refractivity contribution in [3.63, 3.8) is 0 Å². The van der Waals surface area contributed by atoms with Crippen LogP contribution in [0.15, 0.2) is 114 Å². The lowest BCUT2D eigenvalue weighted by molar-refractivity contribution is -0.140. The van der Waals surface area contributed by atoms with Crippen molar-refractivity contribution in [3.05, 3.63) is 126 Å². The van der Waals surface area contributed by atoms with Gasteiger partial charge in [-0.15, -0.1) is 0 Å². The van der Waals surface area contributed by atoms with Gasteiger partial charge in [-0.2, -0.15) is 0 Å². The van der Waals surface area contributed by atoms with E-state index in [-0.39, 0.29) is 29.5 Å². The predicted octanol–water partition coefficient (Wildman–Crippen LogP) is 5.59. The quantitative estimate of drug-likeness (QED) is 0.185. The number of hydrogen-bond acceptors (Lipinski definition) is 5. The van der Waals surface area contributed by atoms with E-state index in [1.54, 1.807) is 0 Å². The molecule has 0 heterocycles. The number of carbonyl (C=O) groups is 2. The topological polar surface area (TPSA) is 96.0 Å². The molecular formula is C35H38FN3O5S. The van der Waals surface area contributed by atoms with Gasteiger partial charge in [-0.3, -0.25) is 13.9 Å². The summed E-state index contributed by atoms with van der Waals surface area (Å²) >= 11 is 0. The number of anilines is 1. The summed E-state index contributed by atoms with van der Waals surface area (Å²) in [5.74, 6) is -0.987. The smallest absolute Gasteiger partial charge is 0.264 e. The Bertz CT molecular complexity index is 1630. The van der Waals surface area contributed by atoms with E-state index in [0.717, 1.165) is 27.6 Å². The van der Waals surface area contributed by atoms with Crippen molar-refractivity contribution in [1.82, 2.24) is 10.2 Å². The molecule has 1 N–H and O–H groups in total. The molecule has 0 aliphatic rings. The highest BCUT2D eigenvalue weighted by Gasteiger charge is 2.34. The number of ether oxygens (including phenoxy) is 1. The molecule has 2 amide bonds. The number of carbonyl (C=O) groups excluding carboxylic acids is 2. The maximum absolute atomic E-state index is 14.4. The Morgan fingerprint density at radius 2 is 1.42 bits per heavy atom. The molecule has 0 saturated carbocycles. The number of hydrogen-bond donors (Lipinski definition) is 1. The SMILES string of the molecule is CCCNC(=O)[C@H](Cc1ccccc1)N(Cc1ccccc1)C(=O)CN(c1ccc(F)cc1)S(=O)(=O)c1ccc(OCC)cc1. The van der Waals surface area contributed by atoms with Crippen molar-refractivity contribution in [1.29, 1.82) is 0 Å². The molecule has 4 aromatic carbocycles. The molecule has 0 aliphatic heterocycles. The molecule has 0 aliphatic carbocycles. The first-order valence-corrected chi connectivity index (χ1v) is 16.3. The summed E-state index contributed by atoms with van der Waals surface area (Å²) in [6.45, 7) is 4.03. The molecule has 8 nitrogen and oxygen atoms in total. The van der Waals surface area contributed by atoms with Crippen molar-refractivity contribution < 1.29 is 27.1 Å². The third-order valence-corrected chi connectivity index (χ3v) is 8.92. The monoisotopic (exact) mass is 631 g/mol. The largest absolute Gasteiger partial charge is 0.494 e. The number of sulfonamides is 1. The lowest BCUT2D eigenvalue weighted by atomic mass is 10.0. The molecule has 1 atom stereocenters. The van der Waals surface area contributed by atoms with Gasteiger partial charge in [0.25, 0.3) is 10.0 Å². The fraction of sp³-hybridized carbons (Fsp3) is 0.257. The average Bonchev–Trinajstić information content (AvgIpc) is 3.06. The zero-order valence-corrected chi connectivity index (χ0v) is 26.3. The summed E-state index contributed by atoms with van der Waals surface area (Å²) in [7, 11) is -4.31. The van der Waals surface area contributed by atoms with Crippen molar-refractivity contribution in [2.75, 3.05) is 24.0 Å². The third kappa shape index (κ3) is 8.92. The van der Waals surface area contributed by atoms with Crippen LogP contribution in [-0.4, -0.2) is 50.9 Å². The molecular weight excluding hydrogens is 593 g/mol. The molecule has 0 unspecified atom stereocenters. The van der Waals surface area contributed by atoms with Gasteiger partial charge in [-0.25, -0.2) is 12.8 Å². The number of nitrogens with zero attached hydrogens (tertiary/aromatic N) is 2. The Labute approximate surface area is 264 Å². The number of nitrogens with one attached hydrogen (secondary N) is 1. The fourth-order valence-electron chi connectivity index (χ4n) is 4.84. The average molecular weight is 632 g/mol. The number of halogens is 1. The highest BCUT2D eigenvalue weighted by molar-refractivity contribution is 7.92. The number of rotatable bonds is 15. The van der Waals surface area contributed by atoms with Gasteiger partial charge in [0.1, 0.15) is 24.2 Å². The van der Waals surface area contributed by atoms with Gasteiger partial charge in [-0.1, -0.05) is 67.6 Å². The van der Waals surface area contributed by atoms with Crippen molar-refractivity contribution in [2.24, 2.45) is 0 Å². The first-order valence-electron chi connectivity index (χ1n) is 14.9. The van der Waals surface area contributed by atoms with Gasteiger partial charge in [0.2, 0.25) is 11.8 Å². The van der Waals surface area contributed by atoms with Crippen LogP contribution in [-0.2, 0) is 32.6 Å². The van der Waals surface area contributed by atoms with E-state index in [1.807, 2.05) is 74.5 Å². The van der Waals surface area contributed by atoms with Crippen LogP contribution in [0.3, 0.4) is 0 Å². The predicted molar refractivity (Wildman–Crippen MR) is 173 cm³/mol. The zero-order chi connectivity index (χ0) is 32.2. The molecule has 0 aromatic heterocycles. The fourth-order valence-corrected chi connectivity index (χ4v) is 6.25. The van der Waals surface area contributed by atoms with Gasteiger partial charge in [0.05, 0.1) is 17.2 Å². The van der Waals surface area contributed by atoms with Gasteiger partial charge in [0.15, 0.2) is 0 Å². The highest BCUT2D eigenvalue weighted by Crippen LogP contribution is 2.26. The Morgan fingerprint density at radius 1 is 0.822 bits per heavy atom. The maximum Gasteiger partial charge on any atom is 0.264 e. The minimum Gasteiger partial charge on any atom is -0.494 e. The van der Waals surface area contributed by atoms with Crippen molar-refractivity contribution in [3.8, 4) is 5.75 Å². The number of amides is 2. The van der Waals surface area contributed by atoms with Crippen molar-refractivity contribution >= 4 is 27.5 Å². The standard InChI is InChI=1S/C35H38FN3O5S/c1-3-23-37-35(41)33(24-27-11-7-5-8-12-27)38(25-28-13-9-6-10-14-28)34(40)26-39(30-17-15-29(36)16-18-30)45(42,43)32-21-19-31(20-22-32)44-4-2/h5-22,33H,3-4,23-26H2,1-2H3,(H,37,41)/t33-/m0/s1. The van der Waals surface area contributed by atoms with E-state index in [4.69, 9.17) is 4.74 Å². The lowest BCUT2D eigenvalue weighted by Gasteiger charge is -2.34. The van der Waals surface area contributed by atoms with E-state index in [1.165, 1.54) is 41.3 Å². The molecule has 0 fully saturated rings. The van der Waals surface area contributed by atoms with E-state index in [9.17, 15) is 22.4 Å². The molecule has 4 rings (SSSR count). The van der Waals surface area contributed by atoms with Crippen LogP contribution in [0.25, 0.3) is 0 Å². The number of benzene rings is 4. The van der Waals surface area contributed by atoms with Crippen LogP contribution in [0.5, 0.6) is 5.75 Å². The Morgan fingerprint density at radius 3 is 2.00 bits per heavy atom. The van der Waals surface area contributed by atoms with Gasteiger partial charge in [0, 0.05) is 19.5 Å². The molecule has 10 heteroatoms. The van der Waals surface area contributed by atoms with Crippen LogP contribution >= 0.6 is 0 Å². The highest BCUT2D eigenvalue weighted by atomic mass is 32.2. The first kappa shape index (κ1) is 33.2. The summed E-state index contributed by atoms with van der Waals surface area (Å²) in [5.41, 5.74) is 1.72. The second-order valence-corrected chi connectivity index (χ2v) is 12.3. The second kappa shape index (κ2) is 15.9. The second-order valence-electron chi connectivity index (χ2n) is 10.4. The molecule has 236 valence electrons. The lowest BCUT2D eigenvalue weighted by Crippen LogP contribution is -2.53. The third-order valence-electron chi connectivity index (χ3n) is 7.13. The molecule has 0 radical (unpaired) electrons. The van der Waals surface area contributed by atoms with Crippen LogP contribution in [0.2, 0.25) is 0 Å². The minimum atomic E-state index is -4.31. The normalized spacial score (nSPS) is 11.8. The summed E-state index contributed by atoms with van der Waals surface area (Å²) in [6.07, 6.45) is 0.923. The maximum atomic E-state index is 14.4. The van der Waals surface area contributed by atoms with E-state index in [2.05, 4.69) is 5.32 Å². The summed E-state index contributed by atoms with van der Waals surface area (Å²) in [4.78, 5) is 29.4. The molecule has 0 saturated heterocycles. The van der Waals surface area contributed by atoms with Crippen LogP contribution in [0, 0.1) is 5.82 Å². The van der Waals surface area contributed by atoms with Gasteiger partial charge in [-0.05, 0) is 73.0 Å². The summed E-state index contributed by atoms with van der Waals surface area (Å²) in [6, 6.07) is 28.4. The van der Waals surface area contributed by atoms with Crippen LogP contribution in [0.1, 0.15) is 31.4 Å². The Hall–Kier alpha value is -4.70. The van der Waals surface area contributed by atoms with Gasteiger partial charge < -0.3 is 15.0 Å². The van der Waals surface area contributed by atoms with Crippen molar-refractivity contribution in [2.45, 2.75) is 44.2 Å². The molecule has 0 spiro atoms. The van der Waals surface area contributed by atoms with E-state index in [0.29, 0.717) is 25.3 Å². The molecule has 4 aromatic rings. The molecule has 0 bridgehead atoms. The summed E-state index contributed by atoms with van der Waals surface area (Å²) < 4.78 is 48.5.